The predicted octanol–water partition coefficient (Wildman–Crippen LogP) is 6.71. The first-order valence-corrected chi connectivity index (χ1v) is 25.6. The molecule has 19 heavy (non-hydrogen) atoms. The Hall–Kier alpha value is 1.98. The van der Waals surface area contributed by atoms with Crippen molar-refractivity contribution >= 4 is 47.3 Å². The van der Waals surface area contributed by atoms with Gasteiger partial charge in [-0.2, -0.15) is 0 Å². The molecule has 0 heterocycles. The second kappa shape index (κ2) is 12.5. The predicted molar refractivity (Wildman–Crippen MR) is 104 cm³/mol. The van der Waals surface area contributed by atoms with Gasteiger partial charge >= 0.3 is 81.5 Å². The molecule has 0 unspecified atom stereocenters. The van der Waals surface area contributed by atoms with Crippen molar-refractivity contribution in [1.29, 1.82) is 0 Å². The molecule has 0 aromatic rings. The molecule has 1 aliphatic rings. The van der Waals surface area contributed by atoms with E-state index in [9.17, 15) is 4.89 Å². The Morgan fingerprint density at radius 1 is 1.21 bits per heavy atom. The van der Waals surface area contributed by atoms with Crippen LogP contribution in [-0.2, 0) is 8.12 Å². The summed E-state index contributed by atoms with van der Waals surface area (Å²) in [7, 11) is -2.03. The fourth-order valence-corrected chi connectivity index (χ4v) is 9.45. The van der Waals surface area contributed by atoms with Crippen molar-refractivity contribution in [3.8, 4) is 0 Å². The Labute approximate surface area is 145 Å². The van der Waals surface area contributed by atoms with Gasteiger partial charge in [0, 0.05) is 8.15 Å². The average molecular weight is 688 g/mol. The minimum absolute atomic E-state index is 0.592. The molecule has 0 spiro atoms. The van der Waals surface area contributed by atoms with Crippen LogP contribution in [0.25, 0.3) is 0 Å². The summed E-state index contributed by atoms with van der Waals surface area (Å²) in [6, 6.07) is 0. The van der Waals surface area contributed by atoms with Crippen molar-refractivity contribution in [3.63, 3.8) is 0 Å². The molecule has 0 radical (unpaired) electrons. The van der Waals surface area contributed by atoms with Gasteiger partial charge in [0.05, 0.1) is 0 Å². The fourth-order valence-electron chi connectivity index (χ4n) is 1.42. The third kappa shape index (κ3) is 12.2. The first-order valence-electron chi connectivity index (χ1n) is 6.72. The van der Waals surface area contributed by atoms with Crippen molar-refractivity contribution < 1.29 is 13.0 Å². The Balaban J connectivity index is 0.000000342. The number of hydrogen-bond donors (Lipinski definition) is 1. The van der Waals surface area contributed by atoms with Crippen LogP contribution < -0.4 is 0 Å². The Morgan fingerprint density at radius 2 is 1.74 bits per heavy atom. The summed E-state index contributed by atoms with van der Waals surface area (Å²) in [6.07, 6.45) is 14.9. The summed E-state index contributed by atoms with van der Waals surface area (Å²) in [5.74, 6) is 0. The molecule has 1 rings (SSSR count). The first kappa shape index (κ1) is 21.0. The van der Waals surface area contributed by atoms with Gasteiger partial charge in [-0.25, -0.2) is 0 Å². The van der Waals surface area contributed by atoms with Crippen LogP contribution in [0.2, 0.25) is 5.44 Å². The normalized spacial score (nSPS) is 15.2. The van der Waals surface area contributed by atoms with E-state index in [-0.39, 0.29) is 0 Å². The van der Waals surface area contributed by atoms with Crippen molar-refractivity contribution in [3.05, 3.63) is 22.3 Å². The molecule has 5 heteroatoms. The van der Waals surface area contributed by atoms with Gasteiger partial charge in [-0.1, -0.05) is 26.7 Å². The van der Waals surface area contributed by atoms with Crippen LogP contribution in [-0.4, -0.2) is 17.2 Å². The third-order valence-corrected chi connectivity index (χ3v) is 15.4. The van der Waals surface area contributed by atoms with Gasteiger partial charge in [-0.15, -0.1) is 0 Å². The Bertz CT molecular complexity index is 280. The summed E-state index contributed by atoms with van der Waals surface area (Å²) in [4.78, 5) is 9.38. The van der Waals surface area contributed by atoms with Crippen molar-refractivity contribution in [2.24, 2.45) is 0 Å². The molecule has 0 aromatic heterocycles. The summed E-state index contributed by atoms with van der Waals surface area (Å²) < 4.78 is 1.70. The maximum absolute atomic E-state index is 9.38. The van der Waals surface area contributed by atoms with Crippen molar-refractivity contribution in [1.82, 2.24) is 0 Å². The Morgan fingerprint density at radius 3 is 2.00 bits per heavy atom. The number of allylic oxidation sites excluding steroid dienone is 4. The van der Waals surface area contributed by atoms with E-state index in [2.05, 4.69) is 76.7 Å². The van der Waals surface area contributed by atoms with Gasteiger partial charge in [-0.3, -0.25) is 0 Å². The second-order valence-corrected chi connectivity index (χ2v) is 47.0. The van der Waals surface area contributed by atoms with E-state index in [1.807, 2.05) is 0 Å². The molecule has 1 N–H and O–H groups in total. The molecule has 0 saturated carbocycles. The number of rotatable bonds is 7. The summed E-state index contributed by atoms with van der Waals surface area (Å²) in [5.41, 5.74) is 2.42. The first-order chi connectivity index (χ1) is 8.91. The summed E-state index contributed by atoms with van der Waals surface area (Å²) in [6.45, 7) is 4.34. The molecular weight excluding hydrogens is 661 g/mol. The third-order valence-electron chi connectivity index (χ3n) is 2.62. The van der Waals surface area contributed by atoms with Crippen LogP contribution in [0.15, 0.2) is 22.3 Å². The van der Waals surface area contributed by atoms with Crippen molar-refractivity contribution in [2.75, 3.05) is 12.3 Å². The molecule has 0 bridgehead atoms. The number of hydrogen-bond acceptors (Lipinski definition) is 1. The van der Waals surface area contributed by atoms with Gasteiger partial charge in [0.25, 0.3) is 0 Å². The summed E-state index contributed by atoms with van der Waals surface area (Å²) in [5, 5.41) is 0. The quantitative estimate of drug-likeness (QED) is 0.233. The summed E-state index contributed by atoms with van der Waals surface area (Å²) >= 11 is 5.29. The van der Waals surface area contributed by atoms with E-state index in [0.717, 1.165) is 12.3 Å². The molecule has 0 aromatic carbocycles. The molecule has 1 nitrogen and oxygen atoms in total. The maximum atomic E-state index is 9.38. The molecule has 0 fully saturated rings. The zero-order chi connectivity index (χ0) is 14.7. The topological polar surface area (TPSA) is 20.2 Å². The zero-order valence-electron chi connectivity index (χ0n) is 12.2. The average Bonchev–Trinajstić information content (AvgIpc) is 2.88. The monoisotopic (exact) mass is 689 g/mol. The fraction of sp³-hybridized carbons (Fsp3) is 0.714. The molecule has 0 amide bonds. The van der Waals surface area contributed by atoms with Crippen LogP contribution in [0, 0.1) is 0 Å². The number of halogens is 2. The van der Waals surface area contributed by atoms with Gasteiger partial charge in [0.1, 0.15) is 0 Å². The van der Waals surface area contributed by atoms with Crippen molar-refractivity contribution in [2.45, 2.75) is 51.4 Å². The van der Waals surface area contributed by atoms with Gasteiger partial charge in [0.2, 0.25) is 0 Å². The van der Waals surface area contributed by atoms with Crippen LogP contribution in [0.5, 0.6) is 0 Å². The SMILES string of the molecule is CCCCP(O)CCCC.[CH3][Ir]([I])([I])[C]1=CC=CC1. The van der Waals surface area contributed by atoms with E-state index in [4.69, 9.17) is 0 Å². The van der Waals surface area contributed by atoms with Crippen LogP contribution >= 0.6 is 47.3 Å². The standard InChI is InChI=1S/C8H19OP.C5H5.CH3.2HI.Ir/c1-3-5-7-10(9)8-6-4-2;1-2-4-5-3-1;;;;/h9H,3-8H2,1-2H3;1-3H,4H2;1H3;2*1H;/q;;;;;+2/p-2. The minimum atomic E-state index is -1.44. The van der Waals surface area contributed by atoms with E-state index in [0.29, 0.717) is 0 Å². The molecule has 0 aliphatic heterocycles. The van der Waals surface area contributed by atoms with E-state index < -0.39 is 16.3 Å². The van der Waals surface area contributed by atoms with Crippen LogP contribution in [0.4, 0.5) is 0 Å². The zero-order valence-corrected chi connectivity index (χ0v) is 19.8. The van der Waals surface area contributed by atoms with Gasteiger partial charge in [-0.05, 0) is 25.2 Å². The van der Waals surface area contributed by atoms with E-state index >= 15 is 0 Å². The second-order valence-electron chi connectivity index (χ2n) is 4.47. The van der Waals surface area contributed by atoms with Gasteiger partial charge < -0.3 is 4.89 Å². The van der Waals surface area contributed by atoms with Crippen LogP contribution in [0.1, 0.15) is 46.0 Å². The van der Waals surface area contributed by atoms with E-state index in [1.165, 1.54) is 32.1 Å². The Kier molecular flexibility index (Phi) is 13.8. The van der Waals surface area contributed by atoms with Gasteiger partial charge in [0.15, 0.2) is 0 Å². The van der Waals surface area contributed by atoms with E-state index in [1.54, 1.807) is 4.09 Å². The molecule has 1 aliphatic carbocycles. The molecule has 0 atom stereocenters. The molecule has 117 valence electrons. The number of unbranched alkanes of at least 4 members (excludes halogenated alkanes) is 2. The molecule has 0 saturated heterocycles. The van der Waals surface area contributed by atoms with Crippen LogP contribution in [0.3, 0.4) is 0 Å². The molecular formula is C14H27I2IrOP.